The van der Waals surface area contributed by atoms with Crippen molar-refractivity contribution in [3.05, 3.63) is 28.2 Å². The van der Waals surface area contributed by atoms with Crippen molar-refractivity contribution in [2.75, 3.05) is 13.1 Å². The molecule has 1 rings (SSSR count). The molecule has 0 aliphatic heterocycles. The van der Waals surface area contributed by atoms with Gasteiger partial charge in [0.2, 0.25) is 5.91 Å². The summed E-state index contributed by atoms with van der Waals surface area (Å²) in [7, 11) is 0. The SMILES string of the molecule is CC(Oc1cccc(Cl)c1Cl)C(=O)NCC(=O)NCC(F)(F)F. The van der Waals surface area contributed by atoms with Gasteiger partial charge in [0.25, 0.3) is 5.91 Å². The minimum Gasteiger partial charge on any atom is -0.479 e. The zero-order chi connectivity index (χ0) is 17.6. The molecule has 1 unspecified atom stereocenters. The number of carbonyl (C=O) groups is 2. The van der Waals surface area contributed by atoms with Crippen LogP contribution in [0.15, 0.2) is 18.2 Å². The van der Waals surface area contributed by atoms with Gasteiger partial charge in [0.05, 0.1) is 11.6 Å². The average Bonchev–Trinajstić information content (AvgIpc) is 2.46. The van der Waals surface area contributed by atoms with E-state index < -0.39 is 37.2 Å². The van der Waals surface area contributed by atoms with Gasteiger partial charge in [-0.3, -0.25) is 9.59 Å². The Bertz CT molecular complexity index is 582. The molecule has 0 aliphatic carbocycles. The molecule has 1 aromatic rings. The summed E-state index contributed by atoms with van der Waals surface area (Å²) in [6.45, 7) is -0.683. The molecular formula is C13H13Cl2F3N2O3. The second-order valence-electron chi connectivity index (χ2n) is 4.42. The van der Waals surface area contributed by atoms with E-state index >= 15 is 0 Å². The number of hydrogen-bond acceptors (Lipinski definition) is 3. The predicted octanol–water partition coefficient (Wildman–Crippen LogP) is 2.56. The zero-order valence-electron chi connectivity index (χ0n) is 11.8. The lowest BCUT2D eigenvalue weighted by Gasteiger charge is -2.16. The molecule has 0 fully saturated rings. The van der Waals surface area contributed by atoms with Gasteiger partial charge in [0, 0.05) is 0 Å². The van der Waals surface area contributed by atoms with E-state index in [0.29, 0.717) is 0 Å². The van der Waals surface area contributed by atoms with Crippen LogP contribution in [-0.2, 0) is 9.59 Å². The molecule has 1 atom stereocenters. The monoisotopic (exact) mass is 372 g/mol. The molecule has 10 heteroatoms. The lowest BCUT2D eigenvalue weighted by molar-refractivity contribution is -0.139. The summed E-state index contributed by atoms with van der Waals surface area (Å²) in [5, 5.41) is 4.14. The largest absolute Gasteiger partial charge is 0.479 e. The number of nitrogens with one attached hydrogen (secondary N) is 2. The molecule has 0 saturated heterocycles. The van der Waals surface area contributed by atoms with Crippen LogP contribution < -0.4 is 15.4 Å². The van der Waals surface area contributed by atoms with Crippen molar-refractivity contribution in [2.45, 2.75) is 19.2 Å². The predicted molar refractivity (Wildman–Crippen MR) is 78.6 cm³/mol. The third-order valence-corrected chi connectivity index (χ3v) is 3.30. The Morgan fingerprint density at radius 2 is 1.91 bits per heavy atom. The number of benzene rings is 1. The number of rotatable bonds is 6. The number of ether oxygens (including phenoxy) is 1. The summed E-state index contributed by atoms with van der Waals surface area (Å²) in [6, 6.07) is 4.60. The van der Waals surface area contributed by atoms with Crippen LogP contribution in [0.1, 0.15) is 6.92 Å². The fraction of sp³-hybridized carbons (Fsp3) is 0.385. The van der Waals surface area contributed by atoms with Crippen molar-refractivity contribution in [2.24, 2.45) is 0 Å². The Kier molecular flexibility index (Phi) is 6.96. The highest BCUT2D eigenvalue weighted by atomic mass is 35.5. The lowest BCUT2D eigenvalue weighted by Crippen LogP contribution is -2.44. The molecule has 1 aromatic carbocycles. The van der Waals surface area contributed by atoms with E-state index in [9.17, 15) is 22.8 Å². The van der Waals surface area contributed by atoms with Crippen molar-refractivity contribution in [3.63, 3.8) is 0 Å². The number of alkyl halides is 3. The first-order valence-electron chi connectivity index (χ1n) is 6.32. The molecule has 0 heterocycles. The van der Waals surface area contributed by atoms with Gasteiger partial charge >= 0.3 is 6.18 Å². The molecule has 5 nitrogen and oxygen atoms in total. The Morgan fingerprint density at radius 1 is 1.26 bits per heavy atom. The molecule has 0 bridgehead atoms. The van der Waals surface area contributed by atoms with Crippen molar-refractivity contribution < 1.29 is 27.5 Å². The summed E-state index contributed by atoms with van der Waals surface area (Å²) >= 11 is 11.7. The quantitative estimate of drug-likeness (QED) is 0.806. The van der Waals surface area contributed by atoms with Crippen LogP contribution in [0.2, 0.25) is 10.0 Å². The van der Waals surface area contributed by atoms with Crippen LogP contribution in [0.25, 0.3) is 0 Å². The highest BCUT2D eigenvalue weighted by Gasteiger charge is 2.27. The smallest absolute Gasteiger partial charge is 0.405 e. The van der Waals surface area contributed by atoms with Crippen molar-refractivity contribution in [1.29, 1.82) is 0 Å². The second-order valence-corrected chi connectivity index (χ2v) is 5.21. The van der Waals surface area contributed by atoms with E-state index in [1.165, 1.54) is 19.1 Å². The van der Waals surface area contributed by atoms with E-state index in [1.807, 2.05) is 0 Å². The zero-order valence-corrected chi connectivity index (χ0v) is 13.4. The number of halogens is 5. The first-order chi connectivity index (χ1) is 10.6. The molecule has 0 saturated carbocycles. The normalized spacial score (nSPS) is 12.4. The van der Waals surface area contributed by atoms with E-state index in [2.05, 4.69) is 5.32 Å². The molecule has 0 aromatic heterocycles. The Hall–Kier alpha value is -1.67. The maximum absolute atomic E-state index is 11.9. The average molecular weight is 373 g/mol. The fourth-order valence-corrected chi connectivity index (χ4v) is 1.73. The minimum atomic E-state index is -4.51. The van der Waals surface area contributed by atoms with Crippen LogP contribution >= 0.6 is 23.2 Å². The van der Waals surface area contributed by atoms with Crippen LogP contribution in [-0.4, -0.2) is 37.2 Å². The standard InChI is InChI=1S/C13H13Cl2F3N2O3/c1-7(23-9-4-2-3-8(14)11(9)15)12(22)19-5-10(21)20-6-13(16,17)18/h2-4,7H,5-6H2,1H3,(H,19,22)(H,20,21). The maximum Gasteiger partial charge on any atom is 0.405 e. The third kappa shape index (κ3) is 6.96. The molecule has 0 aliphatic rings. The van der Waals surface area contributed by atoms with Gasteiger partial charge in [-0.25, -0.2) is 0 Å². The van der Waals surface area contributed by atoms with Gasteiger partial charge in [-0.1, -0.05) is 29.3 Å². The van der Waals surface area contributed by atoms with Crippen LogP contribution in [0.4, 0.5) is 13.2 Å². The Labute approximate surface area is 140 Å². The van der Waals surface area contributed by atoms with Crippen LogP contribution in [0.5, 0.6) is 5.75 Å². The van der Waals surface area contributed by atoms with E-state index in [1.54, 1.807) is 11.4 Å². The van der Waals surface area contributed by atoms with Gasteiger partial charge in [-0.05, 0) is 19.1 Å². The fourth-order valence-electron chi connectivity index (χ4n) is 1.39. The molecule has 2 N–H and O–H groups in total. The van der Waals surface area contributed by atoms with Crippen molar-refractivity contribution in [3.8, 4) is 5.75 Å². The highest BCUT2D eigenvalue weighted by molar-refractivity contribution is 6.42. The summed E-state index contributed by atoms with van der Waals surface area (Å²) in [4.78, 5) is 22.9. The Morgan fingerprint density at radius 3 is 2.52 bits per heavy atom. The summed E-state index contributed by atoms with van der Waals surface area (Å²) in [5.74, 6) is -1.49. The molecule has 0 radical (unpaired) electrons. The van der Waals surface area contributed by atoms with Crippen LogP contribution in [0.3, 0.4) is 0 Å². The van der Waals surface area contributed by atoms with Gasteiger partial charge in [0.15, 0.2) is 6.10 Å². The van der Waals surface area contributed by atoms with Gasteiger partial charge in [-0.2, -0.15) is 13.2 Å². The van der Waals surface area contributed by atoms with E-state index in [0.717, 1.165) is 0 Å². The van der Waals surface area contributed by atoms with Gasteiger partial charge in [0.1, 0.15) is 17.3 Å². The highest BCUT2D eigenvalue weighted by Crippen LogP contribution is 2.32. The first-order valence-corrected chi connectivity index (χ1v) is 7.07. The molecule has 2 amide bonds. The molecule has 23 heavy (non-hydrogen) atoms. The lowest BCUT2D eigenvalue weighted by atomic mass is 10.3. The van der Waals surface area contributed by atoms with E-state index in [4.69, 9.17) is 27.9 Å². The Balaban J connectivity index is 2.45. The van der Waals surface area contributed by atoms with Crippen molar-refractivity contribution in [1.82, 2.24) is 10.6 Å². The second kappa shape index (κ2) is 8.26. The van der Waals surface area contributed by atoms with Crippen LogP contribution in [0, 0.1) is 0 Å². The molecular weight excluding hydrogens is 360 g/mol. The molecule has 128 valence electrons. The number of amides is 2. The minimum absolute atomic E-state index is 0.122. The first kappa shape index (κ1) is 19.4. The van der Waals surface area contributed by atoms with E-state index in [-0.39, 0.29) is 15.8 Å². The van der Waals surface area contributed by atoms with Crippen molar-refractivity contribution >= 4 is 35.0 Å². The number of hydrogen-bond donors (Lipinski definition) is 2. The summed E-state index contributed by atoms with van der Waals surface area (Å²) in [5.41, 5.74) is 0. The number of carbonyl (C=O) groups excluding carboxylic acids is 2. The summed E-state index contributed by atoms with van der Waals surface area (Å²) < 4.78 is 41.0. The van der Waals surface area contributed by atoms with Gasteiger partial charge < -0.3 is 15.4 Å². The van der Waals surface area contributed by atoms with Gasteiger partial charge in [-0.15, -0.1) is 0 Å². The maximum atomic E-state index is 11.9. The summed E-state index contributed by atoms with van der Waals surface area (Å²) in [6.07, 6.45) is -5.54. The third-order valence-electron chi connectivity index (χ3n) is 2.50. The molecule has 0 spiro atoms. The topological polar surface area (TPSA) is 67.4 Å².